The molecular formula is C10H19NOS. The molecule has 13 heavy (non-hydrogen) atoms. The number of hydrogen-bond acceptors (Lipinski definition) is 3. The van der Waals surface area contributed by atoms with E-state index in [1.807, 2.05) is 11.8 Å². The van der Waals surface area contributed by atoms with Crippen molar-refractivity contribution in [1.82, 2.24) is 4.90 Å². The zero-order chi connectivity index (χ0) is 9.68. The van der Waals surface area contributed by atoms with Gasteiger partial charge in [0.1, 0.15) is 0 Å². The Hall–Kier alpha value is 0.01000. The summed E-state index contributed by atoms with van der Waals surface area (Å²) in [6.07, 6.45) is 3.03. The van der Waals surface area contributed by atoms with Crippen LogP contribution in [0, 0.1) is 0 Å². The first kappa shape index (κ1) is 11.1. The molecule has 0 saturated carbocycles. The van der Waals surface area contributed by atoms with Gasteiger partial charge in [0.25, 0.3) is 0 Å². The molecule has 0 amide bonds. The first-order chi connectivity index (χ1) is 6.18. The largest absolute Gasteiger partial charge is 0.392 e. The molecule has 0 aromatic heterocycles. The van der Waals surface area contributed by atoms with Crippen LogP contribution in [0.1, 0.15) is 20.3 Å². The zero-order valence-corrected chi connectivity index (χ0v) is 9.26. The Morgan fingerprint density at radius 1 is 1.62 bits per heavy atom. The summed E-state index contributed by atoms with van der Waals surface area (Å²) in [4.78, 5) is 2.28. The fourth-order valence-corrected chi connectivity index (χ4v) is 1.89. The van der Waals surface area contributed by atoms with Gasteiger partial charge in [0.2, 0.25) is 0 Å². The van der Waals surface area contributed by atoms with Crippen molar-refractivity contribution >= 4 is 11.8 Å². The number of aliphatic hydroxyl groups is 1. The molecule has 0 spiro atoms. The monoisotopic (exact) mass is 201 g/mol. The summed E-state index contributed by atoms with van der Waals surface area (Å²) < 4.78 is 0. The molecule has 0 aromatic rings. The first-order valence-corrected chi connectivity index (χ1v) is 5.83. The molecular weight excluding hydrogens is 182 g/mol. The number of likely N-dealkylation sites (tertiary alicyclic amines) is 1. The van der Waals surface area contributed by atoms with E-state index >= 15 is 0 Å². The minimum Gasteiger partial charge on any atom is -0.392 e. The third-order valence-corrected chi connectivity index (χ3v) is 2.95. The summed E-state index contributed by atoms with van der Waals surface area (Å²) in [5.74, 6) is 0. The van der Waals surface area contributed by atoms with Crippen LogP contribution in [0.3, 0.4) is 0 Å². The Kier molecular flexibility index (Phi) is 4.84. The van der Waals surface area contributed by atoms with E-state index in [9.17, 15) is 5.11 Å². The maximum absolute atomic E-state index is 9.27. The summed E-state index contributed by atoms with van der Waals surface area (Å²) in [6, 6.07) is 0. The van der Waals surface area contributed by atoms with Gasteiger partial charge in [-0.25, -0.2) is 0 Å². The van der Waals surface area contributed by atoms with Crippen molar-refractivity contribution < 1.29 is 5.11 Å². The predicted molar refractivity (Wildman–Crippen MR) is 58.9 cm³/mol. The zero-order valence-electron chi connectivity index (χ0n) is 8.44. The minimum absolute atomic E-state index is 0.0915. The van der Waals surface area contributed by atoms with Crippen LogP contribution in [0.5, 0.6) is 0 Å². The van der Waals surface area contributed by atoms with E-state index in [0.29, 0.717) is 5.25 Å². The molecule has 1 rings (SSSR count). The lowest BCUT2D eigenvalue weighted by Crippen LogP contribution is -2.21. The quantitative estimate of drug-likeness (QED) is 0.749. The van der Waals surface area contributed by atoms with Crippen LogP contribution in [0.2, 0.25) is 0 Å². The summed E-state index contributed by atoms with van der Waals surface area (Å²) >= 11 is 1.85. The van der Waals surface area contributed by atoms with E-state index in [0.717, 1.165) is 26.1 Å². The number of β-amino-alcohol motifs (C(OH)–C–C–N with tert-alkyl or cyclic N) is 1. The Morgan fingerprint density at radius 3 is 2.92 bits per heavy atom. The molecule has 2 nitrogen and oxygen atoms in total. The van der Waals surface area contributed by atoms with Crippen LogP contribution < -0.4 is 0 Å². The fraction of sp³-hybridized carbons (Fsp3) is 0.800. The standard InChI is InChI=1S/C10H19NOS/c1-9(2)13-7-3-5-11-6-4-10(12)8-11/h3,7,9-10,12H,4-6,8H2,1-2H3/b7-3+. The van der Waals surface area contributed by atoms with Gasteiger partial charge in [-0.05, 0) is 11.8 Å². The van der Waals surface area contributed by atoms with Crippen molar-refractivity contribution in [3.63, 3.8) is 0 Å². The Morgan fingerprint density at radius 2 is 2.38 bits per heavy atom. The molecule has 1 saturated heterocycles. The average molecular weight is 201 g/mol. The predicted octanol–water partition coefficient (Wildman–Crippen LogP) is 1.71. The normalized spacial score (nSPS) is 25.1. The van der Waals surface area contributed by atoms with Crippen LogP contribution in [0.15, 0.2) is 11.5 Å². The lowest BCUT2D eigenvalue weighted by molar-refractivity contribution is 0.179. The Bertz CT molecular complexity index is 170. The van der Waals surface area contributed by atoms with Crippen LogP contribution in [-0.2, 0) is 0 Å². The van der Waals surface area contributed by atoms with Gasteiger partial charge in [0.05, 0.1) is 6.10 Å². The third-order valence-electron chi connectivity index (χ3n) is 2.06. The van der Waals surface area contributed by atoms with Crippen LogP contribution >= 0.6 is 11.8 Å². The highest BCUT2D eigenvalue weighted by molar-refractivity contribution is 8.02. The van der Waals surface area contributed by atoms with Crippen molar-refractivity contribution in [2.24, 2.45) is 0 Å². The number of rotatable bonds is 4. The second kappa shape index (κ2) is 5.68. The van der Waals surface area contributed by atoms with E-state index in [-0.39, 0.29) is 6.10 Å². The van der Waals surface area contributed by atoms with Crippen LogP contribution in [0.4, 0.5) is 0 Å². The summed E-state index contributed by atoms with van der Waals surface area (Å²) in [5, 5.41) is 12.1. The molecule has 1 aliphatic rings. The van der Waals surface area contributed by atoms with Gasteiger partial charge in [0, 0.05) is 24.9 Å². The van der Waals surface area contributed by atoms with Crippen molar-refractivity contribution in [2.45, 2.75) is 31.6 Å². The van der Waals surface area contributed by atoms with Crippen molar-refractivity contribution in [3.05, 3.63) is 11.5 Å². The molecule has 1 N–H and O–H groups in total. The van der Waals surface area contributed by atoms with E-state index in [1.54, 1.807) is 0 Å². The molecule has 0 aliphatic carbocycles. The lowest BCUT2D eigenvalue weighted by atomic mass is 10.3. The smallest absolute Gasteiger partial charge is 0.0679 e. The summed E-state index contributed by atoms with van der Waals surface area (Å²) in [7, 11) is 0. The van der Waals surface area contributed by atoms with Crippen LogP contribution in [-0.4, -0.2) is 41.0 Å². The molecule has 0 bridgehead atoms. The third kappa shape index (κ3) is 4.69. The number of hydrogen-bond donors (Lipinski definition) is 1. The topological polar surface area (TPSA) is 23.5 Å². The molecule has 3 heteroatoms. The van der Waals surface area contributed by atoms with E-state index in [4.69, 9.17) is 0 Å². The fourth-order valence-electron chi connectivity index (χ4n) is 1.38. The Balaban J connectivity index is 2.08. The minimum atomic E-state index is -0.0915. The second-order valence-corrected chi connectivity index (χ2v) is 5.25. The molecule has 1 aliphatic heterocycles. The molecule has 1 unspecified atom stereocenters. The van der Waals surface area contributed by atoms with Gasteiger partial charge in [0.15, 0.2) is 0 Å². The Labute approximate surface area is 85.0 Å². The molecule has 1 heterocycles. The van der Waals surface area contributed by atoms with Crippen LogP contribution in [0.25, 0.3) is 0 Å². The number of thioether (sulfide) groups is 1. The average Bonchev–Trinajstić information content (AvgIpc) is 2.45. The molecule has 1 fully saturated rings. The van der Waals surface area contributed by atoms with Gasteiger partial charge in [-0.1, -0.05) is 19.9 Å². The molecule has 1 atom stereocenters. The highest BCUT2D eigenvalue weighted by atomic mass is 32.2. The van der Waals surface area contributed by atoms with Crippen molar-refractivity contribution in [2.75, 3.05) is 19.6 Å². The van der Waals surface area contributed by atoms with Crippen molar-refractivity contribution in [1.29, 1.82) is 0 Å². The maximum atomic E-state index is 9.27. The second-order valence-electron chi connectivity index (χ2n) is 3.76. The highest BCUT2D eigenvalue weighted by Crippen LogP contribution is 2.12. The maximum Gasteiger partial charge on any atom is 0.0679 e. The number of nitrogens with zero attached hydrogens (tertiary/aromatic N) is 1. The van der Waals surface area contributed by atoms with E-state index < -0.39 is 0 Å². The van der Waals surface area contributed by atoms with Crippen molar-refractivity contribution in [3.8, 4) is 0 Å². The van der Waals surface area contributed by atoms with Gasteiger partial charge in [-0.15, -0.1) is 11.8 Å². The molecule has 0 aromatic carbocycles. The molecule has 0 radical (unpaired) electrons. The summed E-state index contributed by atoms with van der Waals surface area (Å²) in [6.45, 7) is 7.24. The van der Waals surface area contributed by atoms with E-state index in [1.165, 1.54) is 0 Å². The lowest BCUT2D eigenvalue weighted by Gasteiger charge is -2.11. The number of aliphatic hydroxyl groups excluding tert-OH is 1. The van der Waals surface area contributed by atoms with Gasteiger partial charge < -0.3 is 5.11 Å². The first-order valence-electron chi connectivity index (χ1n) is 4.89. The SMILES string of the molecule is CC(C)S/C=C/CN1CCC(O)C1. The highest BCUT2D eigenvalue weighted by Gasteiger charge is 2.18. The van der Waals surface area contributed by atoms with E-state index in [2.05, 4.69) is 30.2 Å². The van der Waals surface area contributed by atoms with Gasteiger partial charge >= 0.3 is 0 Å². The van der Waals surface area contributed by atoms with Gasteiger partial charge in [-0.2, -0.15) is 0 Å². The van der Waals surface area contributed by atoms with Gasteiger partial charge in [-0.3, -0.25) is 4.90 Å². The summed E-state index contributed by atoms with van der Waals surface area (Å²) in [5.41, 5.74) is 0. The molecule has 76 valence electrons.